The molecule has 0 radical (unpaired) electrons. The molecule has 0 bridgehead atoms. The third-order valence-corrected chi connectivity index (χ3v) is 7.55. The van der Waals surface area contributed by atoms with E-state index in [1.807, 2.05) is 0 Å². The second-order valence-corrected chi connectivity index (χ2v) is 11.7. The number of thioether (sulfide) groups is 1. The summed E-state index contributed by atoms with van der Waals surface area (Å²) < 4.78 is 25.8. The first-order chi connectivity index (χ1) is 17.4. The van der Waals surface area contributed by atoms with Gasteiger partial charge >= 0.3 is 13.8 Å². The van der Waals surface area contributed by atoms with Crippen LogP contribution in [0.3, 0.4) is 0 Å². The highest BCUT2D eigenvalue weighted by Gasteiger charge is 2.21. The van der Waals surface area contributed by atoms with Crippen molar-refractivity contribution in [3.8, 4) is 0 Å². The Hall–Kier alpha value is -0.600. The summed E-state index contributed by atoms with van der Waals surface area (Å²) in [5.74, 6) is 1.03. The monoisotopic (exact) mass is 554 g/mol. The van der Waals surface area contributed by atoms with Crippen LogP contribution in [0.4, 0.5) is 0 Å². The summed E-state index contributed by atoms with van der Waals surface area (Å²) in [7, 11) is -4.60. The molecule has 0 fully saturated rings. The molecule has 0 rings (SSSR count). The van der Waals surface area contributed by atoms with Gasteiger partial charge in [0, 0.05) is 12.2 Å². The van der Waals surface area contributed by atoms with Crippen molar-refractivity contribution in [1.29, 1.82) is 0 Å². The van der Waals surface area contributed by atoms with Gasteiger partial charge in [0.15, 0.2) is 0 Å². The highest BCUT2D eigenvalue weighted by atomic mass is 32.2. The Kier molecular flexibility index (Phi) is 25.6. The normalized spacial score (nSPS) is 12.4. The summed E-state index contributed by atoms with van der Waals surface area (Å²) in [5, 5.41) is 0. The van der Waals surface area contributed by atoms with Gasteiger partial charge in [-0.05, 0) is 25.0 Å². The van der Waals surface area contributed by atoms with Crippen LogP contribution in [0, 0.1) is 0 Å². The molecule has 214 valence electrons. The van der Waals surface area contributed by atoms with E-state index in [2.05, 4.69) is 16.2 Å². The van der Waals surface area contributed by atoms with Gasteiger partial charge in [0.1, 0.15) is 6.10 Å². The van der Waals surface area contributed by atoms with Crippen LogP contribution in [-0.4, -0.2) is 53.1 Å². The number of carbonyl (C=O) groups is 2. The van der Waals surface area contributed by atoms with Gasteiger partial charge in [0.2, 0.25) is 0 Å². The molecule has 0 aromatic heterocycles. The molecule has 0 amide bonds. The van der Waals surface area contributed by atoms with E-state index in [4.69, 9.17) is 14.5 Å². The van der Waals surface area contributed by atoms with Gasteiger partial charge in [-0.25, -0.2) is 4.57 Å². The summed E-state index contributed by atoms with van der Waals surface area (Å²) in [6.45, 7) is 2.91. The molecular weight excluding hydrogens is 503 g/mol. The highest BCUT2D eigenvalue weighted by molar-refractivity contribution is 7.99. The number of hydrogen-bond acceptors (Lipinski definition) is 7. The van der Waals surface area contributed by atoms with Gasteiger partial charge in [-0.3, -0.25) is 14.1 Å². The summed E-state index contributed by atoms with van der Waals surface area (Å²) in [6, 6.07) is 0. The third kappa shape index (κ3) is 28.0. The molecule has 0 aliphatic carbocycles. The molecule has 0 saturated carbocycles. The number of ether oxygens (including phenoxy) is 2. The van der Waals surface area contributed by atoms with Crippen LogP contribution in [0.2, 0.25) is 0 Å². The van der Waals surface area contributed by atoms with E-state index in [0.717, 1.165) is 70.0 Å². The zero-order chi connectivity index (χ0) is 26.7. The van der Waals surface area contributed by atoms with Crippen LogP contribution >= 0.6 is 19.6 Å². The molecule has 10 heteroatoms. The van der Waals surface area contributed by atoms with Gasteiger partial charge in [-0.1, -0.05) is 96.8 Å². The van der Waals surface area contributed by atoms with E-state index in [0.29, 0.717) is 25.3 Å². The Balaban J connectivity index is 3.91. The van der Waals surface area contributed by atoms with Gasteiger partial charge in [0.25, 0.3) is 6.47 Å². The topological polar surface area (TPSA) is 119 Å². The molecule has 0 aromatic carbocycles. The number of unbranched alkanes of at least 4 members (excludes halogenated alkanes) is 15. The predicted octanol–water partition coefficient (Wildman–Crippen LogP) is 6.96. The van der Waals surface area contributed by atoms with E-state index in [1.165, 1.54) is 44.9 Å². The third-order valence-electron chi connectivity index (χ3n) is 5.88. The lowest BCUT2D eigenvalue weighted by molar-refractivity contribution is -0.149. The van der Waals surface area contributed by atoms with Crippen LogP contribution in [0.5, 0.6) is 0 Å². The van der Waals surface area contributed by atoms with E-state index < -0.39 is 13.9 Å². The summed E-state index contributed by atoms with van der Waals surface area (Å²) in [6.07, 6.45) is 19.1. The number of phosphoric acid groups is 1. The average Bonchev–Trinajstić information content (AvgIpc) is 2.83. The molecule has 2 N–H and O–H groups in total. The maximum Gasteiger partial charge on any atom is 0.469 e. The van der Waals surface area contributed by atoms with Crippen LogP contribution in [-0.2, 0) is 28.2 Å². The Morgan fingerprint density at radius 2 is 1.36 bits per heavy atom. The zero-order valence-electron chi connectivity index (χ0n) is 22.4. The lowest BCUT2D eigenvalue weighted by Gasteiger charge is -2.18. The number of esters is 1. The lowest BCUT2D eigenvalue weighted by atomic mass is 10.1. The van der Waals surface area contributed by atoms with Crippen molar-refractivity contribution in [2.75, 3.05) is 24.7 Å². The van der Waals surface area contributed by atoms with Crippen LogP contribution in [0.1, 0.15) is 122 Å². The first-order valence-corrected chi connectivity index (χ1v) is 16.6. The Bertz CT molecular complexity index is 558. The maximum atomic E-state index is 12.2. The van der Waals surface area contributed by atoms with Gasteiger partial charge in [0.05, 0.1) is 13.2 Å². The summed E-state index contributed by atoms with van der Waals surface area (Å²) in [4.78, 5) is 40.3. The number of rotatable bonds is 28. The van der Waals surface area contributed by atoms with E-state index in [-0.39, 0.29) is 12.6 Å². The molecule has 0 heterocycles. The Morgan fingerprint density at radius 1 is 0.833 bits per heavy atom. The maximum absolute atomic E-state index is 12.2. The molecule has 0 aliphatic heterocycles. The second-order valence-electron chi connectivity index (χ2n) is 9.35. The number of hydrogen-bond donors (Lipinski definition) is 2. The molecule has 1 atom stereocenters. The van der Waals surface area contributed by atoms with Gasteiger partial charge in [-0.2, -0.15) is 11.8 Å². The van der Waals surface area contributed by atoms with Crippen LogP contribution < -0.4 is 0 Å². The first kappa shape index (κ1) is 35.4. The van der Waals surface area contributed by atoms with Crippen molar-refractivity contribution in [1.82, 2.24) is 0 Å². The first-order valence-electron chi connectivity index (χ1n) is 13.9. The van der Waals surface area contributed by atoms with Crippen LogP contribution in [0.15, 0.2) is 0 Å². The van der Waals surface area contributed by atoms with Crippen molar-refractivity contribution >= 4 is 32.0 Å². The lowest BCUT2D eigenvalue weighted by Crippen LogP contribution is -2.25. The Labute approximate surface area is 223 Å². The Morgan fingerprint density at radius 3 is 1.92 bits per heavy atom. The molecule has 0 aliphatic rings. The molecular formula is C26H51O8PS. The molecule has 0 saturated heterocycles. The summed E-state index contributed by atoms with van der Waals surface area (Å²) in [5.41, 5.74) is 0. The largest absolute Gasteiger partial charge is 0.469 e. The molecule has 0 unspecified atom stereocenters. The fourth-order valence-corrected chi connectivity index (χ4v) is 5.20. The van der Waals surface area contributed by atoms with Gasteiger partial charge in [-0.15, -0.1) is 0 Å². The van der Waals surface area contributed by atoms with E-state index >= 15 is 0 Å². The van der Waals surface area contributed by atoms with Crippen LogP contribution in [0.25, 0.3) is 0 Å². The average molecular weight is 555 g/mol. The zero-order valence-corrected chi connectivity index (χ0v) is 24.1. The summed E-state index contributed by atoms with van der Waals surface area (Å²) >= 11 is 1.62. The van der Waals surface area contributed by atoms with E-state index in [1.54, 1.807) is 11.8 Å². The number of carbonyl (C=O) groups excluding carboxylic acids is 2. The second kappa shape index (κ2) is 26.0. The minimum Gasteiger partial charge on any atom is -0.468 e. The minimum atomic E-state index is -4.60. The SMILES string of the molecule is CCCCCCCCCCCCC(=O)O[C@H](COP(=O)(O)O)CSCCCCCCCCCOC=O. The quantitative estimate of drug-likeness (QED) is 0.0458. The predicted molar refractivity (Wildman–Crippen MR) is 146 cm³/mol. The van der Waals surface area contributed by atoms with Crippen molar-refractivity contribution in [3.05, 3.63) is 0 Å². The minimum absolute atomic E-state index is 0.297. The van der Waals surface area contributed by atoms with Crippen molar-refractivity contribution in [2.24, 2.45) is 0 Å². The molecule has 8 nitrogen and oxygen atoms in total. The molecule has 0 aromatic rings. The smallest absolute Gasteiger partial charge is 0.468 e. The highest BCUT2D eigenvalue weighted by Crippen LogP contribution is 2.36. The molecule has 0 spiro atoms. The van der Waals surface area contributed by atoms with Crippen molar-refractivity contribution < 1.29 is 37.9 Å². The van der Waals surface area contributed by atoms with Gasteiger partial charge < -0.3 is 19.3 Å². The number of phosphoric ester groups is 1. The fraction of sp³-hybridized carbons (Fsp3) is 0.923. The van der Waals surface area contributed by atoms with Crippen molar-refractivity contribution in [3.63, 3.8) is 0 Å². The molecule has 36 heavy (non-hydrogen) atoms. The van der Waals surface area contributed by atoms with Crippen molar-refractivity contribution in [2.45, 2.75) is 129 Å². The van der Waals surface area contributed by atoms with E-state index in [9.17, 15) is 14.2 Å². The standard InChI is InChI=1S/C26H51O8PS/c1-2-3-4-5-6-7-8-10-13-16-19-26(28)34-25(22-33-35(29,30)31)23-36-21-18-15-12-9-11-14-17-20-32-24-27/h24-25H,2-23H2,1H3,(H2,29,30,31)/t25-/m1/s1. The fourth-order valence-electron chi connectivity index (χ4n) is 3.83.